The fraction of sp³-hybridized carbons (Fsp3) is 0.182. The fourth-order valence-electron chi connectivity index (χ4n) is 2.71. The number of hydrogen-bond donors (Lipinski definition) is 0. The maximum atomic E-state index is 12.8. The van der Waals surface area contributed by atoms with Gasteiger partial charge >= 0.3 is 0 Å². The molecular weight excluding hydrogens is 395 g/mol. The molecule has 28 heavy (non-hydrogen) atoms. The minimum Gasteiger partial charge on any atom is -0.482 e. The lowest BCUT2D eigenvalue weighted by atomic mass is 10.1. The topological polar surface area (TPSA) is 42.4 Å². The van der Waals surface area contributed by atoms with Crippen molar-refractivity contribution in [1.82, 2.24) is 9.88 Å². The Morgan fingerprint density at radius 2 is 1.79 bits per heavy atom. The minimum absolute atomic E-state index is 0.108. The van der Waals surface area contributed by atoms with Crippen LogP contribution in [0.15, 0.2) is 72.9 Å². The van der Waals surface area contributed by atoms with E-state index >= 15 is 0 Å². The number of amides is 1. The van der Waals surface area contributed by atoms with Gasteiger partial charge in [-0.15, -0.1) is 0 Å². The lowest BCUT2D eigenvalue weighted by Crippen LogP contribution is -2.36. The molecule has 2 aromatic carbocycles. The van der Waals surface area contributed by atoms with E-state index in [1.807, 2.05) is 48.5 Å². The van der Waals surface area contributed by atoms with Gasteiger partial charge in [-0.1, -0.05) is 59.6 Å². The molecular formula is C22H20Cl2N2O2. The summed E-state index contributed by atoms with van der Waals surface area (Å²) >= 11 is 12.0. The number of aromatic nitrogens is 1. The molecule has 0 spiro atoms. The molecule has 3 aromatic rings. The van der Waals surface area contributed by atoms with Gasteiger partial charge in [-0.3, -0.25) is 9.78 Å². The number of ether oxygens (including phenoxy) is 1. The summed E-state index contributed by atoms with van der Waals surface area (Å²) in [7, 11) is 0. The van der Waals surface area contributed by atoms with E-state index in [0.29, 0.717) is 28.9 Å². The summed E-state index contributed by atoms with van der Waals surface area (Å²) in [5.74, 6) is 0.299. The smallest absolute Gasteiger partial charge is 0.260 e. The molecule has 1 heterocycles. The first-order valence-corrected chi connectivity index (χ1v) is 9.67. The van der Waals surface area contributed by atoms with Crippen LogP contribution >= 0.6 is 23.2 Å². The van der Waals surface area contributed by atoms with E-state index in [4.69, 9.17) is 27.9 Å². The Kier molecular flexibility index (Phi) is 7.29. The Balaban J connectivity index is 1.66. The van der Waals surface area contributed by atoms with Crippen molar-refractivity contribution in [1.29, 1.82) is 0 Å². The van der Waals surface area contributed by atoms with Gasteiger partial charge in [-0.25, -0.2) is 0 Å². The van der Waals surface area contributed by atoms with E-state index in [-0.39, 0.29) is 12.5 Å². The molecule has 144 valence electrons. The highest BCUT2D eigenvalue weighted by atomic mass is 35.5. The summed E-state index contributed by atoms with van der Waals surface area (Å²) in [5, 5.41) is 0.893. The van der Waals surface area contributed by atoms with Crippen molar-refractivity contribution >= 4 is 29.1 Å². The third-order valence-electron chi connectivity index (χ3n) is 4.19. The summed E-state index contributed by atoms with van der Waals surface area (Å²) in [6.07, 6.45) is 2.47. The summed E-state index contributed by atoms with van der Waals surface area (Å²) in [6.45, 7) is 0.879. The van der Waals surface area contributed by atoms with Crippen LogP contribution in [0.25, 0.3) is 0 Å². The van der Waals surface area contributed by atoms with Crippen molar-refractivity contribution < 1.29 is 9.53 Å². The van der Waals surface area contributed by atoms with Gasteiger partial charge in [0, 0.05) is 17.8 Å². The van der Waals surface area contributed by atoms with Crippen LogP contribution < -0.4 is 4.74 Å². The van der Waals surface area contributed by atoms with E-state index in [9.17, 15) is 4.79 Å². The quantitative estimate of drug-likeness (QED) is 0.518. The molecule has 0 N–H and O–H groups in total. The number of benzene rings is 2. The van der Waals surface area contributed by atoms with Crippen LogP contribution in [0.3, 0.4) is 0 Å². The zero-order valence-electron chi connectivity index (χ0n) is 15.2. The van der Waals surface area contributed by atoms with E-state index in [2.05, 4.69) is 4.98 Å². The number of rotatable bonds is 8. The van der Waals surface area contributed by atoms with Crippen molar-refractivity contribution in [2.45, 2.75) is 13.0 Å². The number of carbonyl (C=O) groups is 1. The van der Waals surface area contributed by atoms with E-state index < -0.39 is 0 Å². The standard InChI is InChI=1S/C22H20Cl2N2O2/c23-18-9-10-21(20(24)14-18)28-16-22(27)26(15-19-8-4-5-12-25-19)13-11-17-6-2-1-3-7-17/h1-10,12,14H,11,13,15-16H2. The van der Waals surface area contributed by atoms with Gasteiger partial charge in [0.15, 0.2) is 6.61 Å². The van der Waals surface area contributed by atoms with Crippen molar-refractivity contribution in [2.24, 2.45) is 0 Å². The fourth-order valence-corrected chi connectivity index (χ4v) is 3.17. The van der Waals surface area contributed by atoms with Gasteiger partial charge in [-0.2, -0.15) is 0 Å². The number of halogens is 2. The molecule has 1 amide bonds. The molecule has 0 aliphatic carbocycles. The third kappa shape index (κ3) is 5.98. The zero-order chi connectivity index (χ0) is 19.8. The van der Waals surface area contributed by atoms with Gasteiger partial charge in [-0.05, 0) is 42.3 Å². The molecule has 6 heteroatoms. The molecule has 1 aromatic heterocycles. The molecule has 0 saturated carbocycles. The molecule has 0 aliphatic heterocycles. The number of hydrogen-bond acceptors (Lipinski definition) is 3. The molecule has 4 nitrogen and oxygen atoms in total. The van der Waals surface area contributed by atoms with Crippen molar-refractivity contribution in [3.05, 3.63) is 94.2 Å². The summed E-state index contributed by atoms with van der Waals surface area (Å²) < 4.78 is 5.62. The first-order chi connectivity index (χ1) is 13.6. The maximum Gasteiger partial charge on any atom is 0.260 e. The van der Waals surface area contributed by atoms with Gasteiger partial charge in [0.2, 0.25) is 0 Å². The van der Waals surface area contributed by atoms with E-state index in [1.54, 1.807) is 29.3 Å². The van der Waals surface area contributed by atoms with Gasteiger partial charge in [0.25, 0.3) is 5.91 Å². The first kappa shape index (κ1) is 20.2. The third-order valence-corrected chi connectivity index (χ3v) is 4.72. The second-order valence-corrected chi connectivity index (χ2v) is 7.08. The van der Waals surface area contributed by atoms with Gasteiger partial charge in [0.05, 0.1) is 17.3 Å². The van der Waals surface area contributed by atoms with Crippen LogP contribution in [-0.4, -0.2) is 28.9 Å². The van der Waals surface area contributed by atoms with Gasteiger partial charge in [0.1, 0.15) is 5.75 Å². The Morgan fingerprint density at radius 3 is 2.50 bits per heavy atom. The molecule has 3 rings (SSSR count). The van der Waals surface area contributed by atoms with Crippen molar-refractivity contribution in [3.63, 3.8) is 0 Å². The number of carbonyl (C=O) groups excluding carboxylic acids is 1. The highest BCUT2D eigenvalue weighted by Crippen LogP contribution is 2.27. The highest BCUT2D eigenvalue weighted by molar-refractivity contribution is 6.35. The van der Waals surface area contributed by atoms with Crippen LogP contribution in [-0.2, 0) is 17.8 Å². The minimum atomic E-state index is -0.132. The van der Waals surface area contributed by atoms with Gasteiger partial charge < -0.3 is 9.64 Å². The summed E-state index contributed by atoms with van der Waals surface area (Å²) in [5.41, 5.74) is 2.00. The predicted octanol–water partition coefficient (Wildman–Crippen LogP) is 5.04. The number of pyridine rings is 1. The summed E-state index contributed by atoms with van der Waals surface area (Å²) in [6, 6.07) is 20.6. The first-order valence-electron chi connectivity index (χ1n) is 8.91. The molecule has 0 saturated heterocycles. The van der Waals surface area contributed by atoms with Crippen LogP contribution in [0, 0.1) is 0 Å². The Labute approximate surface area is 174 Å². The average Bonchev–Trinajstić information content (AvgIpc) is 2.72. The maximum absolute atomic E-state index is 12.8. The molecule has 0 bridgehead atoms. The molecule has 0 unspecified atom stereocenters. The SMILES string of the molecule is O=C(COc1ccc(Cl)cc1Cl)N(CCc1ccccc1)Cc1ccccn1. The second kappa shape index (κ2) is 10.1. The zero-order valence-corrected chi connectivity index (χ0v) is 16.7. The lowest BCUT2D eigenvalue weighted by molar-refractivity contribution is -0.134. The van der Waals surface area contributed by atoms with Crippen LogP contribution in [0.1, 0.15) is 11.3 Å². The van der Waals surface area contributed by atoms with Crippen LogP contribution in [0.2, 0.25) is 10.0 Å². The Morgan fingerprint density at radius 1 is 1.00 bits per heavy atom. The van der Waals surface area contributed by atoms with Crippen LogP contribution in [0.4, 0.5) is 0 Å². The molecule has 0 radical (unpaired) electrons. The average molecular weight is 415 g/mol. The van der Waals surface area contributed by atoms with Crippen LogP contribution in [0.5, 0.6) is 5.75 Å². The largest absolute Gasteiger partial charge is 0.482 e. The van der Waals surface area contributed by atoms with Crippen molar-refractivity contribution in [2.75, 3.05) is 13.2 Å². The second-order valence-electron chi connectivity index (χ2n) is 6.24. The Bertz CT molecular complexity index is 905. The molecule has 0 atom stereocenters. The Hall–Kier alpha value is -2.56. The molecule has 0 aliphatic rings. The summed E-state index contributed by atoms with van der Waals surface area (Å²) in [4.78, 5) is 18.9. The normalized spacial score (nSPS) is 10.5. The van der Waals surface area contributed by atoms with E-state index in [0.717, 1.165) is 12.1 Å². The predicted molar refractivity (Wildman–Crippen MR) is 112 cm³/mol. The molecule has 0 fully saturated rings. The number of nitrogens with zero attached hydrogens (tertiary/aromatic N) is 2. The monoisotopic (exact) mass is 414 g/mol. The lowest BCUT2D eigenvalue weighted by Gasteiger charge is -2.23. The van der Waals surface area contributed by atoms with E-state index in [1.165, 1.54) is 5.56 Å². The highest BCUT2D eigenvalue weighted by Gasteiger charge is 2.16. The van der Waals surface area contributed by atoms with Crippen molar-refractivity contribution in [3.8, 4) is 5.75 Å².